The van der Waals surface area contributed by atoms with Crippen LogP contribution in [0.15, 0.2) is 30.5 Å². The highest BCUT2D eigenvalue weighted by molar-refractivity contribution is 7.79. The highest BCUT2D eigenvalue weighted by atomic mass is 35.5. The first-order valence-corrected chi connectivity index (χ1v) is 9.98. The Morgan fingerprint density at radius 1 is 1.21 bits per heavy atom. The topological polar surface area (TPSA) is 125 Å². The van der Waals surface area contributed by atoms with E-state index >= 15 is 0 Å². The van der Waals surface area contributed by atoms with E-state index in [-0.39, 0.29) is 16.6 Å². The predicted octanol–water partition coefficient (Wildman–Crippen LogP) is 2.81. The number of hydrogen-bond donors (Lipinski definition) is 3. The second kappa shape index (κ2) is 10.8. The van der Waals surface area contributed by atoms with Crippen molar-refractivity contribution >= 4 is 45.7 Å². The Morgan fingerprint density at radius 2 is 2.00 bits per heavy atom. The minimum absolute atomic E-state index is 0.177. The number of halogens is 1. The number of nitrogens with one attached hydrogen (secondary N) is 3. The third-order valence-electron chi connectivity index (χ3n) is 3.38. The standard InChI is InChI=1S/C17H21ClN4O5S/c1-3-26-11-5-6-13(15(7-11)20-10-28(24)25)21-14-8-16(18)19-9-12(14)17(23)22-27-4-2/h5-9,20H,3-4,10H2,1-2H3,(H,19,21)(H,22,23)(H,24,25)/p-1. The third-order valence-corrected chi connectivity index (χ3v) is 3.96. The lowest BCUT2D eigenvalue weighted by molar-refractivity contribution is 0.0365. The number of ether oxygens (including phenoxy) is 1. The predicted molar refractivity (Wildman–Crippen MR) is 107 cm³/mol. The SMILES string of the molecule is CCONC(=O)c1cnc(Cl)cc1Nc1ccc(OCC)cc1NCS(=O)[O-]. The summed E-state index contributed by atoms with van der Waals surface area (Å²) in [5.74, 6) is -0.233. The monoisotopic (exact) mass is 427 g/mol. The van der Waals surface area contributed by atoms with Gasteiger partial charge in [0.25, 0.3) is 5.91 Å². The second-order valence-corrected chi connectivity index (χ2v) is 6.59. The van der Waals surface area contributed by atoms with Crippen molar-refractivity contribution < 1.29 is 23.1 Å². The van der Waals surface area contributed by atoms with Gasteiger partial charge in [-0.15, -0.1) is 0 Å². The molecule has 9 nitrogen and oxygen atoms in total. The maximum Gasteiger partial charge on any atom is 0.278 e. The van der Waals surface area contributed by atoms with Crippen LogP contribution in [0, 0.1) is 0 Å². The van der Waals surface area contributed by atoms with Crippen molar-refractivity contribution in [3.63, 3.8) is 0 Å². The molecule has 0 spiro atoms. The molecule has 152 valence electrons. The van der Waals surface area contributed by atoms with Gasteiger partial charge in [0.2, 0.25) is 0 Å². The van der Waals surface area contributed by atoms with E-state index in [1.165, 1.54) is 12.3 Å². The Labute approximate surface area is 170 Å². The number of aromatic nitrogens is 1. The second-order valence-electron chi connectivity index (χ2n) is 5.31. The van der Waals surface area contributed by atoms with Crippen molar-refractivity contribution in [2.45, 2.75) is 13.8 Å². The van der Waals surface area contributed by atoms with E-state index in [4.69, 9.17) is 21.2 Å². The van der Waals surface area contributed by atoms with Crippen LogP contribution in [0.1, 0.15) is 24.2 Å². The Balaban J connectivity index is 2.36. The molecular weight excluding hydrogens is 408 g/mol. The fourth-order valence-corrected chi connectivity index (χ4v) is 2.66. The summed E-state index contributed by atoms with van der Waals surface area (Å²) in [6.07, 6.45) is 1.31. The van der Waals surface area contributed by atoms with E-state index in [1.807, 2.05) is 6.92 Å². The molecule has 1 unspecified atom stereocenters. The fraction of sp³-hybridized carbons (Fsp3) is 0.294. The molecule has 0 aliphatic heterocycles. The molecular formula is C17H20ClN4O5S-. The lowest BCUT2D eigenvalue weighted by atomic mass is 10.2. The third kappa shape index (κ3) is 6.34. The lowest BCUT2D eigenvalue weighted by Gasteiger charge is -2.18. The molecule has 1 amide bonds. The fourth-order valence-electron chi connectivity index (χ4n) is 2.22. The van der Waals surface area contributed by atoms with Crippen LogP contribution in [0.2, 0.25) is 5.15 Å². The molecule has 1 heterocycles. The summed E-state index contributed by atoms with van der Waals surface area (Å²) < 4.78 is 27.3. The van der Waals surface area contributed by atoms with Crippen LogP contribution < -0.4 is 20.9 Å². The minimum atomic E-state index is -2.29. The van der Waals surface area contributed by atoms with Gasteiger partial charge in [-0.05, 0) is 43.1 Å². The molecule has 0 aliphatic carbocycles. The normalized spacial score (nSPS) is 11.6. The zero-order valence-electron chi connectivity index (χ0n) is 15.3. The molecule has 2 aromatic rings. The number of rotatable bonds is 10. The number of benzene rings is 1. The van der Waals surface area contributed by atoms with Crippen molar-refractivity contribution in [2.75, 3.05) is 29.7 Å². The van der Waals surface area contributed by atoms with E-state index in [9.17, 15) is 13.6 Å². The summed E-state index contributed by atoms with van der Waals surface area (Å²) in [6.45, 7) is 4.34. The molecule has 1 atom stereocenters. The highest BCUT2D eigenvalue weighted by Crippen LogP contribution is 2.31. The van der Waals surface area contributed by atoms with Crippen LogP contribution in [0.4, 0.5) is 17.1 Å². The first-order valence-electron chi connectivity index (χ1n) is 8.35. The van der Waals surface area contributed by atoms with Gasteiger partial charge in [0.05, 0.1) is 41.7 Å². The molecule has 1 aromatic heterocycles. The zero-order valence-corrected chi connectivity index (χ0v) is 16.9. The van der Waals surface area contributed by atoms with E-state index in [2.05, 4.69) is 21.1 Å². The van der Waals surface area contributed by atoms with Crippen molar-refractivity contribution in [2.24, 2.45) is 0 Å². The minimum Gasteiger partial charge on any atom is -0.771 e. The van der Waals surface area contributed by atoms with Gasteiger partial charge >= 0.3 is 0 Å². The molecule has 1 aromatic carbocycles. The average molecular weight is 428 g/mol. The molecule has 0 fully saturated rings. The van der Waals surface area contributed by atoms with E-state index < -0.39 is 17.0 Å². The van der Waals surface area contributed by atoms with E-state index in [1.54, 1.807) is 25.1 Å². The van der Waals surface area contributed by atoms with Crippen molar-refractivity contribution in [3.05, 3.63) is 41.2 Å². The van der Waals surface area contributed by atoms with Crippen molar-refractivity contribution in [3.8, 4) is 5.75 Å². The molecule has 0 saturated carbocycles. The Kier molecular flexibility index (Phi) is 8.45. The maximum atomic E-state index is 12.3. The number of anilines is 3. The van der Waals surface area contributed by atoms with Gasteiger partial charge in [-0.25, -0.2) is 10.5 Å². The number of amides is 1. The van der Waals surface area contributed by atoms with Crippen molar-refractivity contribution in [1.29, 1.82) is 0 Å². The Morgan fingerprint density at radius 3 is 2.68 bits per heavy atom. The summed E-state index contributed by atoms with van der Waals surface area (Å²) in [5, 5.41) is 6.05. The first-order chi connectivity index (χ1) is 13.4. The summed E-state index contributed by atoms with van der Waals surface area (Å²) >= 11 is 3.68. The molecule has 11 heteroatoms. The number of hydrogen-bond acceptors (Lipinski definition) is 8. The molecule has 2 rings (SSSR count). The lowest BCUT2D eigenvalue weighted by Crippen LogP contribution is -2.24. The molecule has 0 radical (unpaired) electrons. The molecule has 0 saturated heterocycles. The summed E-state index contributed by atoms with van der Waals surface area (Å²) in [5.41, 5.74) is 3.85. The van der Waals surface area contributed by atoms with Crippen LogP contribution in [0.3, 0.4) is 0 Å². The number of carbonyl (C=O) groups is 1. The van der Waals surface area contributed by atoms with Gasteiger partial charge in [0.1, 0.15) is 10.9 Å². The van der Waals surface area contributed by atoms with Gasteiger partial charge in [-0.1, -0.05) is 11.6 Å². The van der Waals surface area contributed by atoms with Gasteiger partial charge in [0.15, 0.2) is 0 Å². The van der Waals surface area contributed by atoms with Gasteiger partial charge in [0, 0.05) is 12.3 Å². The Hall–Kier alpha value is -2.40. The maximum absolute atomic E-state index is 12.3. The van der Waals surface area contributed by atoms with E-state index in [0.717, 1.165) is 0 Å². The van der Waals surface area contributed by atoms with Crippen LogP contribution in [0.5, 0.6) is 5.75 Å². The number of nitrogens with zero attached hydrogens (tertiary/aromatic N) is 1. The van der Waals surface area contributed by atoms with Gasteiger partial charge in [-0.2, -0.15) is 0 Å². The van der Waals surface area contributed by atoms with Crippen LogP contribution >= 0.6 is 11.6 Å². The van der Waals surface area contributed by atoms with Crippen molar-refractivity contribution in [1.82, 2.24) is 10.5 Å². The molecule has 0 aliphatic rings. The largest absolute Gasteiger partial charge is 0.771 e. The number of carbonyl (C=O) groups excluding carboxylic acids is 1. The summed E-state index contributed by atoms with van der Waals surface area (Å²) in [6, 6.07) is 6.54. The summed E-state index contributed by atoms with van der Waals surface area (Å²) in [7, 11) is 0. The highest BCUT2D eigenvalue weighted by Gasteiger charge is 2.15. The quantitative estimate of drug-likeness (QED) is 0.300. The smallest absolute Gasteiger partial charge is 0.278 e. The zero-order chi connectivity index (χ0) is 20.5. The number of pyridine rings is 1. The summed E-state index contributed by atoms with van der Waals surface area (Å²) in [4.78, 5) is 21.1. The average Bonchev–Trinajstić information content (AvgIpc) is 2.66. The molecule has 28 heavy (non-hydrogen) atoms. The van der Waals surface area contributed by atoms with Crippen LogP contribution in [0.25, 0.3) is 0 Å². The van der Waals surface area contributed by atoms with E-state index in [0.29, 0.717) is 36.0 Å². The van der Waals surface area contributed by atoms with Gasteiger partial charge in [-0.3, -0.25) is 13.8 Å². The Bertz CT molecular complexity index is 852. The van der Waals surface area contributed by atoms with Crippen LogP contribution in [-0.2, 0) is 15.9 Å². The molecule has 3 N–H and O–H groups in total. The number of hydroxylamine groups is 1. The molecule has 0 bridgehead atoms. The van der Waals surface area contributed by atoms with Gasteiger partial charge < -0.3 is 19.9 Å². The first kappa shape index (κ1) is 21.9. The van der Waals surface area contributed by atoms with Crippen LogP contribution in [-0.4, -0.2) is 38.7 Å².